The van der Waals surface area contributed by atoms with Crippen LogP contribution in [0.4, 0.5) is 0 Å². The summed E-state index contributed by atoms with van der Waals surface area (Å²) in [6, 6.07) is 13.0. The third kappa shape index (κ3) is 3.86. The summed E-state index contributed by atoms with van der Waals surface area (Å²) < 4.78 is 16.2. The van der Waals surface area contributed by atoms with Crippen LogP contribution in [0.2, 0.25) is 0 Å². The monoisotopic (exact) mass is 303 g/mol. The van der Waals surface area contributed by atoms with Crippen molar-refractivity contribution in [2.75, 3.05) is 14.2 Å². The van der Waals surface area contributed by atoms with Gasteiger partial charge in [-0.15, -0.1) is 0 Å². The fourth-order valence-electron chi connectivity index (χ4n) is 1.88. The summed E-state index contributed by atoms with van der Waals surface area (Å²) in [4.78, 5) is 0.290. The molecule has 0 aromatic heterocycles. The van der Waals surface area contributed by atoms with Crippen molar-refractivity contribution >= 4 is 17.2 Å². The molecule has 2 N–H and O–H groups in total. The summed E-state index contributed by atoms with van der Waals surface area (Å²) in [5.74, 6) is 2.08. The lowest BCUT2D eigenvalue weighted by Crippen LogP contribution is -2.11. The molecule has 0 aliphatic carbocycles. The van der Waals surface area contributed by atoms with E-state index in [0.717, 1.165) is 11.3 Å². The quantitative estimate of drug-likeness (QED) is 0.832. The highest BCUT2D eigenvalue weighted by atomic mass is 32.1. The van der Waals surface area contributed by atoms with Crippen LogP contribution >= 0.6 is 12.2 Å². The fourth-order valence-corrected chi connectivity index (χ4v) is 2.04. The van der Waals surface area contributed by atoms with Crippen molar-refractivity contribution in [1.82, 2.24) is 0 Å². The maximum Gasteiger partial charge on any atom is 0.133 e. The van der Waals surface area contributed by atoms with Crippen molar-refractivity contribution in [3.8, 4) is 17.2 Å². The highest BCUT2D eigenvalue weighted by molar-refractivity contribution is 7.80. The molecular weight excluding hydrogens is 286 g/mol. The molecule has 2 aromatic carbocycles. The summed E-state index contributed by atoms with van der Waals surface area (Å²) in [6.45, 7) is 0.389. The lowest BCUT2D eigenvalue weighted by atomic mass is 10.2. The number of nitrogens with two attached hydrogens (primary N) is 1. The molecule has 0 amide bonds. The number of hydrogen-bond acceptors (Lipinski definition) is 4. The van der Waals surface area contributed by atoms with Gasteiger partial charge in [-0.25, -0.2) is 0 Å². The predicted molar refractivity (Wildman–Crippen MR) is 86.2 cm³/mol. The van der Waals surface area contributed by atoms with Gasteiger partial charge in [0.15, 0.2) is 0 Å². The Hall–Kier alpha value is -2.27. The lowest BCUT2D eigenvalue weighted by molar-refractivity contribution is 0.302. The minimum atomic E-state index is 0.290. The van der Waals surface area contributed by atoms with E-state index in [0.29, 0.717) is 28.7 Å². The topological polar surface area (TPSA) is 53.7 Å². The van der Waals surface area contributed by atoms with Crippen molar-refractivity contribution in [2.24, 2.45) is 5.73 Å². The summed E-state index contributed by atoms with van der Waals surface area (Å²) in [5.41, 5.74) is 7.39. The van der Waals surface area contributed by atoms with Crippen molar-refractivity contribution in [2.45, 2.75) is 6.61 Å². The van der Waals surface area contributed by atoms with Crippen molar-refractivity contribution in [3.05, 3.63) is 53.6 Å². The van der Waals surface area contributed by atoms with Crippen LogP contribution in [0.1, 0.15) is 11.1 Å². The van der Waals surface area contributed by atoms with Gasteiger partial charge < -0.3 is 19.9 Å². The highest BCUT2D eigenvalue weighted by Crippen LogP contribution is 2.26. The maximum absolute atomic E-state index is 5.82. The van der Waals surface area contributed by atoms with E-state index in [1.165, 1.54) is 0 Å². The average Bonchev–Trinajstić information content (AvgIpc) is 2.52. The van der Waals surface area contributed by atoms with Gasteiger partial charge in [0.2, 0.25) is 0 Å². The molecule has 5 heteroatoms. The zero-order chi connectivity index (χ0) is 15.2. The highest BCUT2D eigenvalue weighted by Gasteiger charge is 2.09. The minimum Gasteiger partial charge on any atom is -0.497 e. The predicted octanol–water partition coefficient (Wildman–Crippen LogP) is 2.92. The van der Waals surface area contributed by atoms with Gasteiger partial charge in [0, 0.05) is 6.07 Å². The summed E-state index contributed by atoms with van der Waals surface area (Å²) in [5, 5.41) is 0. The van der Waals surface area contributed by atoms with Crippen molar-refractivity contribution in [1.29, 1.82) is 0 Å². The lowest BCUT2D eigenvalue weighted by Gasteiger charge is -2.12. The van der Waals surface area contributed by atoms with E-state index in [4.69, 9.17) is 32.2 Å². The van der Waals surface area contributed by atoms with E-state index in [-0.39, 0.29) is 0 Å². The van der Waals surface area contributed by atoms with Gasteiger partial charge >= 0.3 is 0 Å². The second-order valence-corrected chi connectivity index (χ2v) is 4.81. The third-order valence-electron chi connectivity index (χ3n) is 2.98. The second-order valence-electron chi connectivity index (χ2n) is 4.37. The molecule has 0 unspecified atom stereocenters. The Balaban J connectivity index is 2.19. The zero-order valence-corrected chi connectivity index (χ0v) is 12.8. The number of rotatable bonds is 6. The Bertz CT molecular complexity index is 643. The van der Waals surface area contributed by atoms with Gasteiger partial charge in [0.1, 0.15) is 28.8 Å². The van der Waals surface area contributed by atoms with Crippen LogP contribution in [0.15, 0.2) is 42.5 Å². The van der Waals surface area contributed by atoms with Gasteiger partial charge in [-0.3, -0.25) is 0 Å². The second kappa shape index (κ2) is 6.95. The summed E-state index contributed by atoms with van der Waals surface area (Å²) >= 11 is 5.04. The van der Waals surface area contributed by atoms with Crippen molar-refractivity contribution in [3.63, 3.8) is 0 Å². The summed E-state index contributed by atoms with van der Waals surface area (Å²) in [6.07, 6.45) is 0. The molecular formula is C16H17NO3S. The molecule has 0 saturated heterocycles. The standard InChI is InChI=1S/C16H17NO3S/c1-18-12-5-3-4-11(8-12)10-20-15-9-13(19-2)6-7-14(15)16(17)21/h3-9H,10H2,1-2H3,(H2,17,21). The number of thiocarbonyl (C=S) groups is 1. The Morgan fingerprint density at radius 1 is 1.05 bits per heavy atom. The smallest absolute Gasteiger partial charge is 0.133 e. The first-order valence-corrected chi connectivity index (χ1v) is 6.78. The van der Waals surface area contributed by atoms with Crippen LogP contribution in [-0.2, 0) is 6.61 Å². The van der Waals surface area contributed by atoms with Crippen LogP contribution in [-0.4, -0.2) is 19.2 Å². The van der Waals surface area contributed by atoms with E-state index in [1.54, 1.807) is 32.4 Å². The van der Waals surface area contributed by atoms with Crippen molar-refractivity contribution < 1.29 is 14.2 Å². The molecule has 4 nitrogen and oxygen atoms in total. The van der Waals surface area contributed by atoms with Crippen LogP contribution in [0.5, 0.6) is 17.2 Å². The maximum atomic E-state index is 5.82. The Kier molecular flexibility index (Phi) is 5.00. The Morgan fingerprint density at radius 3 is 2.43 bits per heavy atom. The van der Waals surface area contributed by atoms with Gasteiger partial charge in [0.05, 0.1) is 19.8 Å². The molecule has 0 heterocycles. The van der Waals surface area contributed by atoms with Gasteiger partial charge in [-0.1, -0.05) is 24.4 Å². The van der Waals surface area contributed by atoms with Gasteiger partial charge in [-0.2, -0.15) is 0 Å². The van der Waals surface area contributed by atoms with E-state index in [2.05, 4.69) is 0 Å². The van der Waals surface area contributed by atoms with E-state index < -0.39 is 0 Å². The first-order valence-electron chi connectivity index (χ1n) is 6.37. The molecule has 0 atom stereocenters. The van der Waals surface area contributed by atoms with E-state index in [1.807, 2.05) is 24.3 Å². The largest absolute Gasteiger partial charge is 0.497 e. The zero-order valence-electron chi connectivity index (χ0n) is 12.0. The number of benzene rings is 2. The van der Waals surface area contributed by atoms with E-state index >= 15 is 0 Å². The van der Waals surface area contributed by atoms with Gasteiger partial charge in [-0.05, 0) is 29.8 Å². The SMILES string of the molecule is COc1cccc(COc2cc(OC)ccc2C(N)=S)c1. The molecule has 0 fully saturated rings. The molecule has 0 saturated carbocycles. The average molecular weight is 303 g/mol. The molecule has 0 bridgehead atoms. The Morgan fingerprint density at radius 2 is 1.76 bits per heavy atom. The molecule has 0 aliphatic rings. The number of hydrogen-bond donors (Lipinski definition) is 1. The molecule has 2 aromatic rings. The number of methoxy groups -OCH3 is 2. The van der Waals surface area contributed by atoms with Crippen LogP contribution in [0.25, 0.3) is 0 Å². The normalized spacial score (nSPS) is 10.0. The first kappa shape index (κ1) is 15.1. The molecule has 2 rings (SSSR count). The molecule has 21 heavy (non-hydrogen) atoms. The molecule has 0 radical (unpaired) electrons. The summed E-state index contributed by atoms with van der Waals surface area (Å²) in [7, 11) is 3.23. The fraction of sp³-hybridized carbons (Fsp3) is 0.188. The van der Waals surface area contributed by atoms with Crippen LogP contribution in [0.3, 0.4) is 0 Å². The first-order chi connectivity index (χ1) is 10.1. The third-order valence-corrected chi connectivity index (χ3v) is 3.20. The number of ether oxygens (including phenoxy) is 3. The molecule has 110 valence electrons. The molecule has 0 spiro atoms. The Labute approximate surface area is 129 Å². The van der Waals surface area contributed by atoms with E-state index in [9.17, 15) is 0 Å². The van der Waals surface area contributed by atoms with Crippen LogP contribution < -0.4 is 19.9 Å². The van der Waals surface area contributed by atoms with Crippen LogP contribution in [0, 0.1) is 0 Å². The minimum absolute atomic E-state index is 0.290. The molecule has 0 aliphatic heterocycles. The van der Waals surface area contributed by atoms with Gasteiger partial charge in [0.25, 0.3) is 0 Å².